The molecule has 2 fully saturated rings. The Balaban J connectivity index is 1.82. The van der Waals surface area contributed by atoms with Crippen LogP contribution in [0.25, 0.3) is 0 Å². The van der Waals surface area contributed by atoms with Crippen molar-refractivity contribution < 1.29 is 19.2 Å². The predicted molar refractivity (Wildman–Crippen MR) is 106 cm³/mol. The van der Waals surface area contributed by atoms with Gasteiger partial charge in [-0.2, -0.15) is 5.26 Å². The smallest absolute Gasteiger partial charge is 0.264 e. The Morgan fingerprint density at radius 3 is 2.63 bits per heavy atom. The number of carbonyl (C=O) groups excluding carboxylic acids is 4. The molecule has 2 aliphatic heterocycles. The molecule has 158 valence electrons. The molecule has 2 aliphatic rings. The van der Waals surface area contributed by atoms with E-state index in [4.69, 9.17) is 5.26 Å². The van der Waals surface area contributed by atoms with Crippen molar-refractivity contribution in [1.82, 2.24) is 20.7 Å². The zero-order chi connectivity index (χ0) is 21.7. The second kappa shape index (κ2) is 9.39. The largest absolute Gasteiger partial charge is 0.340 e. The standard InChI is InChI=1S/C21H25N5O4/c1-2-15(13-22)23-20(29)17-9-6-12-25-18(27)11-10-16(21(30)26(17)25)24-19(28)14-7-4-3-5-8-14/h3-5,7-8,15-17H,2,6,9-12H2,1H3,(H,23,29)(H,24,28)/t15-,16-,17-/m0/s1. The van der Waals surface area contributed by atoms with Crippen molar-refractivity contribution in [1.29, 1.82) is 5.26 Å². The molecule has 4 amide bonds. The van der Waals surface area contributed by atoms with Crippen LogP contribution in [0.3, 0.4) is 0 Å². The number of nitrogens with one attached hydrogen (secondary N) is 2. The van der Waals surface area contributed by atoms with Crippen LogP contribution in [0.1, 0.15) is 49.4 Å². The molecule has 30 heavy (non-hydrogen) atoms. The number of nitrogens with zero attached hydrogens (tertiary/aromatic N) is 3. The van der Waals surface area contributed by atoms with E-state index in [1.165, 1.54) is 10.0 Å². The van der Waals surface area contributed by atoms with Gasteiger partial charge in [0.15, 0.2) is 0 Å². The summed E-state index contributed by atoms with van der Waals surface area (Å²) in [6.45, 7) is 2.11. The molecule has 9 heteroatoms. The van der Waals surface area contributed by atoms with Crippen molar-refractivity contribution in [3.8, 4) is 6.07 Å². The number of carbonyl (C=O) groups is 4. The average Bonchev–Trinajstić information content (AvgIpc) is 2.89. The Hall–Kier alpha value is -3.41. The van der Waals surface area contributed by atoms with Gasteiger partial charge in [-0.25, -0.2) is 5.01 Å². The third-order valence-electron chi connectivity index (χ3n) is 5.39. The van der Waals surface area contributed by atoms with Crippen molar-refractivity contribution >= 4 is 23.6 Å². The van der Waals surface area contributed by atoms with Gasteiger partial charge in [-0.05, 0) is 37.8 Å². The van der Waals surface area contributed by atoms with E-state index in [9.17, 15) is 19.2 Å². The van der Waals surface area contributed by atoms with Gasteiger partial charge in [0.05, 0.1) is 6.07 Å². The SMILES string of the molecule is CC[C@@H](C#N)NC(=O)[C@@H]1CCCN2C(=O)CC[C@H](NC(=O)c3ccccc3)C(=O)N12. The number of hydrogen-bond donors (Lipinski definition) is 2. The van der Waals surface area contributed by atoms with Crippen LogP contribution in [0.15, 0.2) is 30.3 Å². The number of fused-ring (bicyclic) bond motifs is 1. The van der Waals surface area contributed by atoms with Gasteiger partial charge in [0.2, 0.25) is 11.8 Å². The maximum absolute atomic E-state index is 13.3. The molecule has 2 N–H and O–H groups in total. The molecule has 0 aromatic heterocycles. The van der Waals surface area contributed by atoms with E-state index in [-0.39, 0.29) is 18.7 Å². The van der Waals surface area contributed by atoms with Crippen molar-refractivity contribution in [2.75, 3.05) is 6.54 Å². The summed E-state index contributed by atoms with van der Waals surface area (Å²) >= 11 is 0. The fourth-order valence-electron chi connectivity index (χ4n) is 3.73. The summed E-state index contributed by atoms with van der Waals surface area (Å²) in [5.74, 6) is -1.63. The molecule has 1 aromatic carbocycles. The van der Waals surface area contributed by atoms with E-state index in [2.05, 4.69) is 10.6 Å². The molecule has 2 heterocycles. The van der Waals surface area contributed by atoms with Crippen molar-refractivity contribution in [2.45, 2.75) is 57.2 Å². The Bertz CT molecular complexity index is 866. The Morgan fingerprint density at radius 1 is 1.23 bits per heavy atom. The Labute approximate surface area is 175 Å². The van der Waals surface area contributed by atoms with Crippen LogP contribution in [-0.2, 0) is 14.4 Å². The first-order valence-corrected chi connectivity index (χ1v) is 10.2. The first-order chi connectivity index (χ1) is 14.5. The van der Waals surface area contributed by atoms with Crippen molar-refractivity contribution in [3.63, 3.8) is 0 Å². The molecule has 1 aromatic rings. The van der Waals surface area contributed by atoms with Gasteiger partial charge in [-0.1, -0.05) is 25.1 Å². The molecular formula is C21H25N5O4. The zero-order valence-corrected chi connectivity index (χ0v) is 16.8. The molecule has 0 aliphatic carbocycles. The first-order valence-electron chi connectivity index (χ1n) is 10.2. The highest BCUT2D eigenvalue weighted by Crippen LogP contribution is 2.25. The summed E-state index contributed by atoms with van der Waals surface area (Å²) in [5.41, 5.74) is 0.408. The highest BCUT2D eigenvalue weighted by atomic mass is 16.2. The topological polar surface area (TPSA) is 123 Å². The van der Waals surface area contributed by atoms with Gasteiger partial charge in [-0.3, -0.25) is 24.2 Å². The van der Waals surface area contributed by atoms with Gasteiger partial charge in [0, 0.05) is 18.5 Å². The first kappa shape index (κ1) is 21.3. The quantitative estimate of drug-likeness (QED) is 0.740. The Morgan fingerprint density at radius 2 is 1.97 bits per heavy atom. The molecule has 0 spiro atoms. The monoisotopic (exact) mass is 411 g/mol. The van der Waals surface area contributed by atoms with Gasteiger partial charge in [0.1, 0.15) is 18.1 Å². The van der Waals surface area contributed by atoms with E-state index >= 15 is 0 Å². The lowest BCUT2D eigenvalue weighted by Gasteiger charge is -2.43. The van der Waals surface area contributed by atoms with Gasteiger partial charge >= 0.3 is 0 Å². The van der Waals surface area contributed by atoms with Crippen LogP contribution >= 0.6 is 0 Å². The van der Waals surface area contributed by atoms with Gasteiger partial charge in [-0.15, -0.1) is 0 Å². The summed E-state index contributed by atoms with van der Waals surface area (Å²) in [6, 6.07) is 8.02. The second-order valence-corrected chi connectivity index (χ2v) is 7.39. The molecule has 0 bridgehead atoms. The summed E-state index contributed by atoms with van der Waals surface area (Å²) in [6.07, 6.45) is 1.63. The predicted octanol–water partition coefficient (Wildman–Crippen LogP) is 0.732. The lowest BCUT2D eigenvalue weighted by atomic mass is 10.0. The maximum Gasteiger partial charge on any atom is 0.264 e. The molecular weight excluding hydrogens is 386 g/mol. The Kier molecular flexibility index (Phi) is 6.67. The summed E-state index contributed by atoms with van der Waals surface area (Å²) in [4.78, 5) is 51.3. The second-order valence-electron chi connectivity index (χ2n) is 7.39. The van der Waals surface area contributed by atoms with E-state index in [1.807, 2.05) is 6.07 Å². The minimum Gasteiger partial charge on any atom is -0.340 e. The molecule has 3 rings (SSSR count). The molecule has 0 radical (unpaired) electrons. The number of amides is 4. The minimum absolute atomic E-state index is 0.0894. The van der Waals surface area contributed by atoms with E-state index in [1.54, 1.807) is 37.3 Å². The van der Waals surface area contributed by atoms with Crippen LogP contribution in [0.2, 0.25) is 0 Å². The van der Waals surface area contributed by atoms with E-state index in [0.717, 1.165) is 0 Å². The number of benzene rings is 1. The molecule has 0 unspecified atom stereocenters. The number of hydrazine groups is 1. The number of rotatable bonds is 5. The van der Waals surface area contributed by atoms with E-state index < -0.39 is 35.8 Å². The molecule has 9 nitrogen and oxygen atoms in total. The van der Waals surface area contributed by atoms with Crippen LogP contribution in [0, 0.1) is 11.3 Å². The lowest BCUT2D eigenvalue weighted by molar-refractivity contribution is -0.176. The minimum atomic E-state index is -0.919. The van der Waals surface area contributed by atoms with Crippen molar-refractivity contribution in [2.24, 2.45) is 0 Å². The van der Waals surface area contributed by atoms with E-state index in [0.29, 0.717) is 31.4 Å². The average molecular weight is 411 g/mol. The fourth-order valence-corrected chi connectivity index (χ4v) is 3.73. The van der Waals surface area contributed by atoms with Crippen LogP contribution in [-0.4, -0.2) is 58.3 Å². The van der Waals surface area contributed by atoms with Crippen LogP contribution in [0.4, 0.5) is 0 Å². The normalized spacial score (nSPS) is 22.4. The molecule has 3 atom stereocenters. The summed E-state index contributed by atoms with van der Waals surface area (Å²) in [7, 11) is 0. The highest BCUT2D eigenvalue weighted by Gasteiger charge is 2.44. The zero-order valence-electron chi connectivity index (χ0n) is 16.8. The number of nitriles is 1. The highest BCUT2D eigenvalue weighted by molar-refractivity contribution is 5.99. The van der Waals surface area contributed by atoms with Crippen molar-refractivity contribution in [3.05, 3.63) is 35.9 Å². The van der Waals surface area contributed by atoms with Gasteiger partial charge in [0.25, 0.3) is 11.8 Å². The maximum atomic E-state index is 13.3. The van der Waals surface area contributed by atoms with Crippen LogP contribution < -0.4 is 10.6 Å². The fraction of sp³-hybridized carbons (Fsp3) is 0.476. The third kappa shape index (κ3) is 4.43. The summed E-state index contributed by atoms with van der Waals surface area (Å²) in [5, 5.41) is 17.0. The molecule has 2 saturated heterocycles. The van der Waals surface area contributed by atoms with Crippen LogP contribution in [0.5, 0.6) is 0 Å². The molecule has 0 saturated carbocycles. The van der Waals surface area contributed by atoms with Gasteiger partial charge < -0.3 is 10.6 Å². The number of hydrogen-bond acceptors (Lipinski definition) is 5. The summed E-state index contributed by atoms with van der Waals surface area (Å²) < 4.78 is 0. The third-order valence-corrected chi connectivity index (χ3v) is 5.39. The lowest BCUT2D eigenvalue weighted by Crippen LogP contribution is -2.64.